The smallest absolute Gasteiger partial charge is 0.305 e. The van der Waals surface area contributed by atoms with E-state index in [0.717, 1.165) is 31.4 Å². The number of nitrogens with zero attached hydrogens (tertiary/aromatic N) is 1. The van der Waals surface area contributed by atoms with E-state index in [1.165, 1.54) is 20.0 Å². The van der Waals surface area contributed by atoms with Crippen LogP contribution in [0.15, 0.2) is 5.16 Å². The molecule has 2 atom stereocenters. The lowest BCUT2D eigenvalue weighted by molar-refractivity contribution is -0.141. The summed E-state index contributed by atoms with van der Waals surface area (Å²) in [7, 11) is 1.42. The summed E-state index contributed by atoms with van der Waals surface area (Å²) in [4.78, 5) is 11.3. The fourth-order valence-corrected chi connectivity index (χ4v) is 2.67. The monoisotopic (exact) mass is 241 g/mol. The van der Waals surface area contributed by atoms with Gasteiger partial charge in [0.2, 0.25) is 0 Å². The van der Waals surface area contributed by atoms with Gasteiger partial charge < -0.3 is 9.94 Å². The predicted octanol–water partition coefficient (Wildman–Crippen LogP) is 2.99. The van der Waals surface area contributed by atoms with Gasteiger partial charge >= 0.3 is 5.97 Å². The highest BCUT2D eigenvalue weighted by Gasteiger charge is 2.34. The quantitative estimate of drug-likeness (QED) is 0.336. The van der Waals surface area contributed by atoms with E-state index in [2.05, 4.69) is 12.1 Å². The van der Waals surface area contributed by atoms with Crippen molar-refractivity contribution in [3.63, 3.8) is 0 Å². The molecule has 1 aliphatic carbocycles. The first-order valence-corrected chi connectivity index (χ1v) is 6.50. The molecular weight excluding hydrogens is 218 g/mol. The molecule has 1 rings (SSSR count). The van der Waals surface area contributed by atoms with E-state index in [-0.39, 0.29) is 11.9 Å². The first-order valence-electron chi connectivity index (χ1n) is 6.50. The van der Waals surface area contributed by atoms with Crippen molar-refractivity contribution in [1.29, 1.82) is 0 Å². The van der Waals surface area contributed by atoms with Crippen molar-refractivity contribution >= 4 is 11.7 Å². The molecule has 17 heavy (non-hydrogen) atoms. The van der Waals surface area contributed by atoms with E-state index >= 15 is 0 Å². The number of hydrogen-bond acceptors (Lipinski definition) is 4. The van der Waals surface area contributed by atoms with Crippen LogP contribution < -0.4 is 0 Å². The molecule has 0 aromatic rings. The van der Waals surface area contributed by atoms with Crippen molar-refractivity contribution in [2.45, 2.75) is 51.9 Å². The first kappa shape index (κ1) is 14.0. The summed E-state index contributed by atoms with van der Waals surface area (Å²) < 4.78 is 4.71. The van der Waals surface area contributed by atoms with Gasteiger partial charge in [-0.2, -0.15) is 0 Å². The molecule has 1 N–H and O–H groups in total. The maximum absolute atomic E-state index is 11.3. The summed E-state index contributed by atoms with van der Waals surface area (Å²) >= 11 is 0. The maximum atomic E-state index is 11.3. The van der Waals surface area contributed by atoms with Crippen LogP contribution in [0.2, 0.25) is 0 Å². The largest absolute Gasteiger partial charge is 0.469 e. The summed E-state index contributed by atoms with van der Waals surface area (Å²) in [5.74, 6) is 0.408. The summed E-state index contributed by atoms with van der Waals surface area (Å²) in [6.07, 6.45) is 6.74. The van der Waals surface area contributed by atoms with Crippen molar-refractivity contribution in [3.8, 4) is 0 Å². The molecule has 0 aliphatic heterocycles. The third-order valence-corrected chi connectivity index (χ3v) is 3.67. The molecule has 4 heteroatoms. The lowest BCUT2D eigenvalue weighted by Gasteiger charge is -2.18. The Morgan fingerprint density at radius 2 is 2.29 bits per heavy atom. The Labute approximate surface area is 103 Å². The van der Waals surface area contributed by atoms with Crippen molar-refractivity contribution in [3.05, 3.63) is 0 Å². The number of carbonyl (C=O) groups excluding carboxylic acids is 1. The van der Waals surface area contributed by atoms with E-state index in [0.29, 0.717) is 12.3 Å². The number of carbonyl (C=O) groups is 1. The van der Waals surface area contributed by atoms with Gasteiger partial charge in [0.15, 0.2) is 0 Å². The fourth-order valence-electron chi connectivity index (χ4n) is 2.67. The van der Waals surface area contributed by atoms with E-state index < -0.39 is 0 Å². The van der Waals surface area contributed by atoms with Crippen LogP contribution in [0.5, 0.6) is 0 Å². The number of ether oxygens (including phenoxy) is 1. The molecule has 4 nitrogen and oxygen atoms in total. The third kappa shape index (κ3) is 4.02. The number of hydrogen-bond donors (Lipinski definition) is 1. The number of oxime groups is 1. The normalized spacial score (nSPS) is 26.4. The van der Waals surface area contributed by atoms with Crippen molar-refractivity contribution in [1.82, 2.24) is 0 Å². The molecule has 0 radical (unpaired) electrons. The minimum Gasteiger partial charge on any atom is -0.469 e. The van der Waals surface area contributed by atoms with Crippen LogP contribution in [0.1, 0.15) is 51.9 Å². The third-order valence-electron chi connectivity index (χ3n) is 3.67. The standard InChI is InChI=1S/C13H23NO3/c1-3-4-5-6-11-10(9-13(15)17-2)7-8-12(11)14-16/h10-11,16H,3-9H2,1-2H3/b14-12+/t10-,11+/m1/s1. The van der Waals surface area contributed by atoms with Gasteiger partial charge in [0, 0.05) is 12.3 Å². The highest BCUT2D eigenvalue weighted by Crippen LogP contribution is 2.35. The number of esters is 1. The van der Waals surface area contributed by atoms with Gasteiger partial charge in [0.25, 0.3) is 0 Å². The molecular formula is C13H23NO3. The Morgan fingerprint density at radius 1 is 1.53 bits per heavy atom. The summed E-state index contributed by atoms with van der Waals surface area (Å²) in [5.41, 5.74) is 0.870. The van der Waals surface area contributed by atoms with Gasteiger partial charge in [-0.25, -0.2) is 0 Å². The average molecular weight is 241 g/mol. The molecule has 0 unspecified atom stereocenters. The minimum atomic E-state index is -0.158. The van der Waals surface area contributed by atoms with Gasteiger partial charge in [-0.3, -0.25) is 4.79 Å². The van der Waals surface area contributed by atoms with Crippen LogP contribution in [-0.4, -0.2) is 24.0 Å². The Kier molecular flexibility index (Phi) is 6.01. The Balaban J connectivity index is 2.53. The molecule has 0 amide bonds. The molecule has 1 aliphatic rings. The zero-order valence-corrected chi connectivity index (χ0v) is 10.8. The maximum Gasteiger partial charge on any atom is 0.305 e. The van der Waals surface area contributed by atoms with E-state index in [4.69, 9.17) is 9.94 Å². The number of unbranched alkanes of at least 4 members (excludes halogenated alkanes) is 2. The zero-order chi connectivity index (χ0) is 12.7. The van der Waals surface area contributed by atoms with Crippen LogP contribution in [0, 0.1) is 11.8 Å². The van der Waals surface area contributed by atoms with E-state index in [1.54, 1.807) is 0 Å². The van der Waals surface area contributed by atoms with Crippen LogP contribution in [0.25, 0.3) is 0 Å². The number of methoxy groups -OCH3 is 1. The molecule has 0 aromatic heterocycles. The predicted molar refractivity (Wildman–Crippen MR) is 66.2 cm³/mol. The molecule has 98 valence electrons. The molecule has 0 aromatic carbocycles. The van der Waals surface area contributed by atoms with E-state index in [1.807, 2.05) is 0 Å². The average Bonchev–Trinajstić information content (AvgIpc) is 2.72. The van der Waals surface area contributed by atoms with Gasteiger partial charge in [-0.15, -0.1) is 0 Å². The van der Waals surface area contributed by atoms with Crippen LogP contribution >= 0.6 is 0 Å². The highest BCUT2D eigenvalue weighted by atomic mass is 16.5. The molecule has 0 saturated heterocycles. The second kappa shape index (κ2) is 7.30. The van der Waals surface area contributed by atoms with Crippen molar-refractivity contribution in [2.24, 2.45) is 17.0 Å². The SMILES string of the molecule is CCCCC[C@@H]1/C(=N/O)CC[C@@H]1CC(=O)OC. The molecule has 1 saturated carbocycles. The zero-order valence-electron chi connectivity index (χ0n) is 10.8. The number of rotatable bonds is 6. The first-order chi connectivity index (χ1) is 8.22. The van der Waals surface area contributed by atoms with Crippen LogP contribution in [-0.2, 0) is 9.53 Å². The van der Waals surface area contributed by atoms with Gasteiger partial charge in [0.05, 0.1) is 12.8 Å². The second-order valence-electron chi connectivity index (χ2n) is 4.77. The summed E-state index contributed by atoms with van der Waals surface area (Å²) in [6.45, 7) is 2.17. The van der Waals surface area contributed by atoms with E-state index in [9.17, 15) is 4.79 Å². The Hall–Kier alpha value is -1.06. The molecule has 0 bridgehead atoms. The molecule has 0 heterocycles. The summed E-state index contributed by atoms with van der Waals surface area (Å²) in [5, 5.41) is 12.4. The lowest BCUT2D eigenvalue weighted by Crippen LogP contribution is -2.18. The van der Waals surface area contributed by atoms with Crippen molar-refractivity contribution < 1.29 is 14.7 Å². The lowest BCUT2D eigenvalue weighted by atomic mass is 9.87. The Bertz CT molecular complexity index is 276. The summed E-state index contributed by atoms with van der Waals surface area (Å²) in [6, 6.07) is 0. The highest BCUT2D eigenvalue weighted by molar-refractivity contribution is 5.89. The second-order valence-corrected chi connectivity index (χ2v) is 4.77. The molecule has 1 fully saturated rings. The van der Waals surface area contributed by atoms with Gasteiger partial charge in [-0.1, -0.05) is 31.3 Å². The Morgan fingerprint density at radius 3 is 2.88 bits per heavy atom. The fraction of sp³-hybridized carbons (Fsp3) is 0.846. The van der Waals surface area contributed by atoms with Gasteiger partial charge in [0.1, 0.15) is 0 Å². The topological polar surface area (TPSA) is 58.9 Å². The van der Waals surface area contributed by atoms with Crippen molar-refractivity contribution in [2.75, 3.05) is 7.11 Å². The minimum absolute atomic E-state index is 0.158. The van der Waals surface area contributed by atoms with Crippen LogP contribution in [0.3, 0.4) is 0 Å². The molecule has 0 spiro atoms. The van der Waals surface area contributed by atoms with Crippen LogP contribution in [0.4, 0.5) is 0 Å². The van der Waals surface area contributed by atoms with Gasteiger partial charge in [-0.05, 0) is 25.2 Å².